The largest absolute Gasteiger partial charge is 0.179 e. The average molecular weight is 178 g/mol. The van der Waals surface area contributed by atoms with E-state index >= 15 is 0 Å². The van der Waals surface area contributed by atoms with Crippen LogP contribution in [0, 0.1) is 0 Å². The van der Waals surface area contributed by atoms with E-state index in [1.807, 2.05) is 0 Å². The Balaban J connectivity index is 2.08. The van der Waals surface area contributed by atoms with Gasteiger partial charge in [0.25, 0.3) is 0 Å². The monoisotopic (exact) mass is 178 g/mol. The van der Waals surface area contributed by atoms with Crippen LogP contribution in [-0.2, 0) is 6.42 Å². The van der Waals surface area contributed by atoms with Crippen molar-refractivity contribution in [3.05, 3.63) is 35.4 Å². The van der Waals surface area contributed by atoms with Gasteiger partial charge in [-0.2, -0.15) is 12.6 Å². The first-order valence-electron chi connectivity index (χ1n) is 4.60. The van der Waals surface area contributed by atoms with Crippen LogP contribution in [0.5, 0.6) is 0 Å². The number of hydrogen-bond donors (Lipinski definition) is 1. The third kappa shape index (κ3) is 1.84. The Labute approximate surface area is 79.4 Å². The van der Waals surface area contributed by atoms with E-state index in [2.05, 4.69) is 36.9 Å². The molecule has 2 rings (SSSR count). The summed E-state index contributed by atoms with van der Waals surface area (Å²) in [5, 5.41) is 0. The lowest BCUT2D eigenvalue weighted by Crippen LogP contribution is -1.86. The minimum Gasteiger partial charge on any atom is -0.179 e. The molecule has 0 aliphatic heterocycles. The molecule has 0 amide bonds. The second-order valence-corrected chi connectivity index (χ2v) is 3.94. The molecule has 0 unspecified atom stereocenters. The number of hydrogen-bond acceptors (Lipinski definition) is 1. The van der Waals surface area contributed by atoms with Crippen molar-refractivity contribution in [2.45, 2.75) is 25.2 Å². The molecule has 1 fully saturated rings. The zero-order valence-corrected chi connectivity index (χ0v) is 8.06. The first kappa shape index (κ1) is 8.18. The van der Waals surface area contributed by atoms with Gasteiger partial charge in [-0.25, -0.2) is 0 Å². The highest BCUT2D eigenvalue weighted by Gasteiger charge is 2.22. The summed E-state index contributed by atoms with van der Waals surface area (Å²) in [4.78, 5) is 0. The quantitative estimate of drug-likeness (QED) is 0.676. The maximum absolute atomic E-state index is 4.21. The molecule has 0 bridgehead atoms. The van der Waals surface area contributed by atoms with Crippen molar-refractivity contribution in [1.82, 2.24) is 0 Å². The predicted molar refractivity (Wildman–Crippen MR) is 56.0 cm³/mol. The molecule has 64 valence electrons. The predicted octanol–water partition coefficient (Wildman–Crippen LogP) is 3.04. The standard InChI is InChI=1S/C11H14S/c12-8-7-9-1-3-10(4-2-9)11-5-6-11/h1-4,11-12H,5-8H2. The molecule has 12 heavy (non-hydrogen) atoms. The summed E-state index contributed by atoms with van der Waals surface area (Å²) in [6, 6.07) is 9.03. The zero-order valence-electron chi connectivity index (χ0n) is 7.16. The Bertz CT molecular complexity index is 246. The van der Waals surface area contributed by atoms with Gasteiger partial charge in [0.05, 0.1) is 0 Å². The van der Waals surface area contributed by atoms with E-state index in [9.17, 15) is 0 Å². The molecule has 1 aromatic carbocycles. The first-order chi connectivity index (χ1) is 5.90. The number of thiol groups is 1. The Hall–Kier alpha value is -0.430. The summed E-state index contributed by atoms with van der Waals surface area (Å²) in [7, 11) is 0. The second-order valence-electron chi connectivity index (χ2n) is 3.49. The molecule has 0 radical (unpaired) electrons. The third-order valence-corrected chi connectivity index (χ3v) is 2.65. The van der Waals surface area contributed by atoms with Crippen molar-refractivity contribution in [1.29, 1.82) is 0 Å². The molecule has 1 aliphatic carbocycles. The summed E-state index contributed by atoms with van der Waals surface area (Å²) in [5.74, 6) is 1.83. The maximum atomic E-state index is 4.21. The Morgan fingerprint density at radius 1 is 1.17 bits per heavy atom. The fraction of sp³-hybridized carbons (Fsp3) is 0.455. The van der Waals surface area contributed by atoms with Crippen molar-refractivity contribution in [2.24, 2.45) is 0 Å². The summed E-state index contributed by atoms with van der Waals surface area (Å²) in [6.07, 6.45) is 3.88. The van der Waals surface area contributed by atoms with Gasteiger partial charge in [-0.3, -0.25) is 0 Å². The van der Waals surface area contributed by atoms with Gasteiger partial charge in [-0.05, 0) is 42.1 Å². The molecule has 0 spiro atoms. The van der Waals surface area contributed by atoms with E-state index in [0.717, 1.165) is 18.1 Å². The Morgan fingerprint density at radius 3 is 2.33 bits per heavy atom. The van der Waals surface area contributed by atoms with Crippen LogP contribution in [-0.4, -0.2) is 5.75 Å². The minimum atomic E-state index is 0.884. The van der Waals surface area contributed by atoms with Gasteiger partial charge in [0, 0.05) is 0 Å². The molecular weight excluding hydrogens is 164 g/mol. The molecule has 0 nitrogen and oxygen atoms in total. The Kier molecular flexibility index (Phi) is 2.40. The molecule has 0 aromatic heterocycles. The van der Waals surface area contributed by atoms with Crippen molar-refractivity contribution in [2.75, 3.05) is 5.75 Å². The second kappa shape index (κ2) is 3.53. The van der Waals surface area contributed by atoms with E-state index in [-0.39, 0.29) is 0 Å². The summed E-state index contributed by atoms with van der Waals surface area (Å²) in [6.45, 7) is 0. The van der Waals surface area contributed by atoms with Crippen LogP contribution in [0.15, 0.2) is 24.3 Å². The van der Waals surface area contributed by atoms with Gasteiger partial charge >= 0.3 is 0 Å². The number of rotatable bonds is 3. The van der Waals surface area contributed by atoms with Crippen molar-refractivity contribution < 1.29 is 0 Å². The van der Waals surface area contributed by atoms with Crippen LogP contribution < -0.4 is 0 Å². The summed E-state index contributed by atoms with van der Waals surface area (Å²) >= 11 is 4.21. The van der Waals surface area contributed by atoms with Crippen LogP contribution in [0.1, 0.15) is 29.9 Å². The molecular formula is C11H14S. The van der Waals surface area contributed by atoms with Crippen LogP contribution >= 0.6 is 12.6 Å². The molecule has 0 N–H and O–H groups in total. The van der Waals surface area contributed by atoms with Crippen molar-refractivity contribution in [3.8, 4) is 0 Å². The van der Waals surface area contributed by atoms with E-state index in [4.69, 9.17) is 0 Å². The fourth-order valence-electron chi connectivity index (χ4n) is 1.50. The lowest BCUT2D eigenvalue weighted by molar-refractivity contribution is 1.10. The van der Waals surface area contributed by atoms with E-state index < -0.39 is 0 Å². The molecule has 0 saturated heterocycles. The molecule has 1 aliphatic rings. The zero-order chi connectivity index (χ0) is 8.39. The van der Waals surface area contributed by atoms with E-state index in [1.54, 1.807) is 0 Å². The molecule has 1 heteroatoms. The smallest absolute Gasteiger partial charge is 0.00574 e. The SMILES string of the molecule is SCCc1ccc(C2CC2)cc1. The number of aryl methyl sites for hydroxylation is 1. The van der Waals surface area contributed by atoms with Gasteiger partial charge in [0.2, 0.25) is 0 Å². The molecule has 0 atom stereocenters. The highest BCUT2D eigenvalue weighted by Crippen LogP contribution is 2.39. The third-order valence-electron chi connectivity index (χ3n) is 2.43. The first-order valence-corrected chi connectivity index (χ1v) is 5.23. The van der Waals surface area contributed by atoms with Crippen LogP contribution in [0.25, 0.3) is 0 Å². The topological polar surface area (TPSA) is 0 Å². The summed E-state index contributed by atoms with van der Waals surface area (Å²) < 4.78 is 0. The number of benzene rings is 1. The molecule has 1 saturated carbocycles. The van der Waals surface area contributed by atoms with Crippen molar-refractivity contribution >= 4 is 12.6 Å². The van der Waals surface area contributed by atoms with Gasteiger partial charge < -0.3 is 0 Å². The van der Waals surface area contributed by atoms with Gasteiger partial charge in [0.1, 0.15) is 0 Å². The average Bonchev–Trinajstić information content (AvgIpc) is 2.89. The molecule has 1 aromatic rings. The van der Waals surface area contributed by atoms with Crippen molar-refractivity contribution in [3.63, 3.8) is 0 Å². The van der Waals surface area contributed by atoms with Crippen LogP contribution in [0.4, 0.5) is 0 Å². The summed E-state index contributed by atoms with van der Waals surface area (Å²) in [5.41, 5.74) is 2.94. The van der Waals surface area contributed by atoms with Gasteiger partial charge in [-0.1, -0.05) is 24.3 Å². The lowest BCUT2D eigenvalue weighted by Gasteiger charge is -2.00. The Morgan fingerprint density at radius 2 is 1.83 bits per heavy atom. The maximum Gasteiger partial charge on any atom is -0.00574 e. The van der Waals surface area contributed by atoms with Crippen LogP contribution in [0.2, 0.25) is 0 Å². The lowest BCUT2D eigenvalue weighted by atomic mass is 10.1. The fourth-order valence-corrected chi connectivity index (χ4v) is 1.76. The van der Waals surface area contributed by atoms with Gasteiger partial charge in [-0.15, -0.1) is 0 Å². The molecule has 0 heterocycles. The highest BCUT2D eigenvalue weighted by atomic mass is 32.1. The normalized spacial score (nSPS) is 16.4. The minimum absolute atomic E-state index is 0.884. The van der Waals surface area contributed by atoms with E-state index in [1.165, 1.54) is 24.0 Å². The van der Waals surface area contributed by atoms with Gasteiger partial charge in [0.15, 0.2) is 0 Å². The van der Waals surface area contributed by atoms with E-state index in [0.29, 0.717) is 0 Å². The van der Waals surface area contributed by atoms with Crippen LogP contribution in [0.3, 0.4) is 0 Å². The highest BCUT2D eigenvalue weighted by molar-refractivity contribution is 7.80.